The summed E-state index contributed by atoms with van der Waals surface area (Å²) in [7, 11) is 0. The molecule has 26 heavy (non-hydrogen) atoms. The van der Waals surface area contributed by atoms with Crippen molar-refractivity contribution >= 4 is 22.8 Å². The first-order valence-corrected chi connectivity index (χ1v) is 8.28. The molecule has 136 valence electrons. The summed E-state index contributed by atoms with van der Waals surface area (Å²) in [4.78, 5) is 19.7. The SMILES string of the molecule is Cc1c(NC(=O)NC(C)(CO)Cc2ccccc2F)cnc2[nH]ccc12. The van der Waals surface area contributed by atoms with Crippen LogP contribution in [0.2, 0.25) is 0 Å². The minimum absolute atomic E-state index is 0.164. The second kappa shape index (κ2) is 7.13. The maximum absolute atomic E-state index is 13.9. The van der Waals surface area contributed by atoms with Gasteiger partial charge in [-0.25, -0.2) is 14.2 Å². The molecule has 1 aromatic carbocycles. The molecule has 7 heteroatoms. The van der Waals surface area contributed by atoms with Gasteiger partial charge in [-0.1, -0.05) is 18.2 Å². The number of hydrogen-bond acceptors (Lipinski definition) is 3. The minimum atomic E-state index is -1.01. The maximum atomic E-state index is 13.9. The summed E-state index contributed by atoms with van der Waals surface area (Å²) >= 11 is 0. The molecule has 1 unspecified atom stereocenters. The predicted molar refractivity (Wildman–Crippen MR) is 98.6 cm³/mol. The number of carbonyl (C=O) groups excluding carboxylic acids is 1. The highest BCUT2D eigenvalue weighted by atomic mass is 19.1. The molecule has 3 aromatic rings. The fraction of sp³-hybridized carbons (Fsp3) is 0.263. The summed E-state index contributed by atoms with van der Waals surface area (Å²) in [5.41, 5.74) is 1.61. The zero-order chi connectivity index (χ0) is 18.7. The number of nitrogens with zero attached hydrogens (tertiary/aromatic N) is 1. The Morgan fingerprint density at radius 3 is 2.85 bits per heavy atom. The summed E-state index contributed by atoms with van der Waals surface area (Å²) in [5.74, 6) is -0.368. The van der Waals surface area contributed by atoms with E-state index in [4.69, 9.17) is 0 Å². The first kappa shape index (κ1) is 17.9. The molecule has 3 rings (SSSR count). The molecule has 0 fully saturated rings. The first-order chi connectivity index (χ1) is 12.4. The number of amides is 2. The molecular weight excluding hydrogens is 335 g/mol. The van der Waals surface area contributed by atoms with Crippen molar-refractivity contribution in [1.29, 1.82) is 0 Å². The van der Waals surface area contributed by atoms with Crippen molar-refractivity contribution in [1.82, 2.24) is 15.3 Å². The molecule has 0 aliphatic heterocycles. The van der Waals surface area contributed by atoms with Gasteiger partial charge in [-0.15, -0.1) is 0 Å². The lowest BCUT2D eigenvalue weighted by molar-refractivity contribution is 0.174. The number of aliphatic hydroxyl groups excluding tert-OH is 1. The molecule has 4 N–H and O–H groups in total. The predicted octanol–water partition coefficient (Wildman–Crippen LogP) is 3.13. The van der Waals surface area contributed by atoms with Crippen molar-refractivity contribution in [2.45, 2.75) is 25.8 Å². The van der Waals surface area contributed by atoms with Crippen molar-refractivity contribution in [3.8, 4) is 0 Å². The van der Waals surface area contributed by atoms with Crippen LogP contribution in [0.3, 0.4) is 0 Å². The summed E-state index contributed by atoms with van der Waals surface area (Å²) < 4.78 is 13.9. The number of urea groups is 1. The van der Waals surface area contributed by atoms with E-state index in [-0.39, 0.29) is 18.8 Å². The van der Waals surface area contributed by atoms with Crippen LogP contribution in [-0.4, -0.2) is 33.3 Å². The Bertz CT molecular complexity index is 940. The Labute approximate surface area is 150 Å². The smallest absolute Gasteiger partial charge is 0.319 e. The monoisotopic (exact) mass is 356 g/mol. The third-order valence-corrected chi connectivity index (χ3v) is 4.41. The van der Waals surface area contributed by atoms with Gasteiger partial charge in [0.25, 0.3) is 0 Å². The number of fused-ring (bicyclic) bond motifs is 1. The number of nitrogens with one attached hydrogen (secondary N) is 3. The van der Waals surface area contributed by atoms with E-state index in [2.05, 4.69) is 20.6 Å². The minimum Gasteiger partial charge on any atom is -0.394 e. The number of pyridine rings is 1. The van der Waals surface area contributed by atoms with Crippen molar-refractivity contribution in [3.05, 3.63) is 59.7 Å². The molecule has 0 aliphatic rings. The number of hydrogen-bond donors (Lipinski definition) is 4. The van der Waals surface area contributed by atoms with E-state index in [9.17, 15) is 14.3 Å². The van der Waals surface area contributed by atoms with E-state index in [0.717, 1.165) is 16.6 Å². The highest BCUT2D eigenvalue weighted by Gasteiger charge is 2.27. The van der Waals surface area contributed by atoms with Gasteiger partial charge >= 0.3 is 6.03 Å². The fourth-order valence-corrected chi connectivity index (χ4v) is 2.90. The lowest BCUT2D eigenvalue weighted by Crippen LogP contribution is -2.52. The molecule has 6 nitrogen and oxygen atoms in total. The topological polar surface area (TPSA) is 90.0 Å². The number of halogens is 1. The first-order valence-electron chi connectivity index (χ1n) is 8.28. The Hall–Kier alpha value is -2.93. The third-order valence-electron chi connectivity index (χ3n) is 4.41. The van der Waals surface area contributed by atoms with Crippen LogP contribution in [0, 0.1) is 12.7 Å². The summed E-state index contributed by atoms with van der Waals surface area (Å²) in [6, 6.07) is 7.71. The molecule has 0 aliphatic carbocycles. The van der Waals surface area contributed by atoms with Gasteiger partial charge in [-0.3, -0.25) is 0 Å². The van der Waals surface area contributed by atoms with Crippen LogP contribution in [0.1, 0.15) is 18.1 Å². The van der Waals surface area contributed by atoms with Crippen LogP contribution in [-0.2, 0) is 6.42 Å². The number of aryl methyl sites for hydroxylation is 1. The standard InChI is InChI=1S/C19H21FN4O2/c1-12-14-7-8-21-17(14)22-10-16(12)23-18(26)24-19(2,11-25)9-13-5-3-4-6-15(13)20/h3-8,10,25H,9,11H2,1-2H3,(H,21,22)(H2,23,24,26). The van der Waals surface area contributed by atoms with Gasteiger partial charge in [0.2, 0.25) is 0 Å². The maximum Gasteiger partial charge on any atom is 0.319 e. The van der Waals surface area contributed by atoms with Gasteiger partial charge in [0.1, 0.15) is 11.5 Å². The highest BCUT2D eigenvalue weighted by Crippen LogP contribution is 2.23. The molecule has 0 saturated heterocycles. The number of anilines is 1. The number of benzene rings is 1. The molecule has 2 aromatic heterocycles. The zero-order valence-electron chi connectivity index (χ0n) is 14.6. The molecule has 0 spiro atoms. The van der Waals surface area contributed by atoms with E-state index in [0.29, 0.717) is 11.3 Å². The van der Waals surface area contributed by atoms with E-state index < -0.39 is 11.6 Å². The molecule has 2 amide bonds. The number of aromatic nitrogens is 2. The van der Waals surface area contributed by atoms with E-state index in [1.807, 2.05) is 13.0 Å². The summed E-state index contributed by atoms with van der Waals surface area (Å²) in [6.07, 6.45) is 3.52. The summed E-state index contributed by atoms with van der Waals surface area (Å²) in [6.45, 7) is 3.22. The molecular formula is C19H21FN4O2. The Kier molecular flexibility index (Phi) is 4.90. The quantitative estimate of drug-likeness (QED) is 0.566. The average molecular weight is 356 g/mol. The van der Waals surface area contributed by atoms with E-state index >= 15 is 0 Å². The number of aromatic amines is 1. The van der Waals surface area contributed by atoms with Crippen molar-refractivity contribution in [3.63, 3.8) is 0 Å². The van der Waals surface area contributed by atoms with Crippen LogP contribution < -0.4 is 10.6 Å². The number of aliphatic hydroxyl groups is 1. The van der Waals surface area contributed by atoms with Gasteiger partial charge in [-0.05, 0) is 37.1 Å². The Morgan fingerprint density at radius 1 is 1.35 bits per heavy atom. The van der Waals surface area contributed by atoms with Crippen molar-refractivity contribution in [2.75, 3.05) is 11.9 Å². The fourth-order valence-electron chi connectivity index (χ4n) is 2.90. The lowest BCUT2D eigenvalue weighted by Gasteiger charge is -2.29. The number of rotatable bonds is 5. The highest BCUT2D eigenvalue weighted by molar-refractivity contribution is 5.94. The zero-order valence-corrected chi connectivity index (χ0v) is 14.6. The van der Waals surface area contributed by atoms with Gasteiger partial charge < -0.3 is 20.7 Å². The normalized spacial score (nSPS) is 13.4. The molecule has 1 atom stereocenters. The largest absolute Gasteiger partial charge is 0.394 e. The van der Waals surface area contributed by atoms with Crippen LogP contribution in [0.5, 0.6) is 0 Å². The Balaban J connectivity index is 1.74. The lowest BCUT2D eigenvalue weighted by atomic mass is 9.93. The molecule has 0 saturated carbocycles. The van der Waals surface area contributed by atoms with Crippen LogP contribution in [0.15, 0.2) is 42.7 Å². The van der Waals surface area contributed by atoms with Crippen LogP contribution >= 0.6 is 0 Å². The van der Waals surface area contributed by atoms with Crippen LogP contribution in [0.4, 0.5) is 14.9 Å². The number of carbonyl (C=O) groups is 1. The van der Waals surface area contributed by atoms with Gasteiger partial charge in [0.15, 0.2) is 0 Å². The third kappa shape index (κ3) is 3.67. The Morgan fingerprint density at radius 2 is 2.12 bits per heavy atom. The van der Waals surface area contributed by atoms with Gasteiger partial charge in [0, 0.05) is 18.0 Å². The van der Waals surface area contributed by atoms with Crippen LogP contribution in [0.25, 0.3) is 11.0 Å². The number of H-pyrrole nitrogens is 1. The van der Waals surface area contributed by atoms with Gasteiger partial charge in [-0.2, -0.15) is 0 Å². The molecule has 2 heterocycles. The van der Waals surface area contributed by atoms with Crippen molar-refractivity contribution < 1.29 is 14.3 Å². The second-order valence-corrected chi connectivity index (χ2v) is 6.60. The summed E-state index contributed by atoms with van der Waals surface area (Å²) in [5, 5.41) is 16.1. The van der Waals surface area contributed by atoms with Crippen molar-refractivity contribution in [2.24, 2.45) is 0 Å². The van der Waals surface area contributed by atoms with Gasteiger partial charge in [0.05, 0.1) is 24.0 Å². The second-order valence-electron chi connectivity index (χ2n) is 6.60. The molecule has 0 radical (unpaired) electrons. The molecule has 0 bridgehead atoms. The average Bonchev–Trinajstić information content (AvgIpc) is 3.09. The van der Waals surface area contributed by atoms with E-state index in [1.165, 1.54) is 6.07 Å². The van der Waals surface area contributed by atoms with E-state index in [1.54, 1.807) is 37.5 Å².